The number of carbonyl (C=O) groups is 1. The van der Waals surface area contributed by atoms with Gasteiger partial charge in [-0.05, 0) is 48.3 Å². The quantitative estimate of drug-likeness (QED) is 0.806. The fourth-order valence-electron chi connectivity index (χ4n) is 4.32. The molecule has 1 aromatic rings. The highest BCUT2D eigenvalue weighted by Crippen LogP contribution is 2.52. The smallest absolute Gasteiger partial charge is 0.133 e. The maximum Gasteiger partial charge on any atom is 0.133 e. The van der Waals surface area contributed by atoms with Gasteiger partial charge in [-0.3, -0.25) is 4.79 Å². The van der Waals surface area contributed by atoms with Gasteiger partial charge in [-0.2, -0.15) is 0 Å². The molecule has 2 aliphatic rings. The molecule has 0 unspecified atom stereocenters. The van der Waals surface area contributed by atoms with Crippen LogP contribution in [0.5, 0.6) is 5.75 Å². The molecular weight excluding hydrogens is 260 g/mol. The summed E-state index contributed by atoms with van der Waals surface area (Å²) in [6, 6.07) is 4.59. The molecule has 2 aliphatic carbocycles. The van der Waals surface area contributed by atoms with E-state index in [9.17, 15) is 4.79 Å². The third-order valence-electron chi connectivity index (χ3n) is 5.72. The summed E-state index contributed by atoms with van der Waals surface area (Å²) in [4.78, 5) is 11.8. The fourth-order valence-corrected chi connectivity index (χ4v) is 4.32. The number of Topliss-reactive ketones (excluding diaryl/α,β-unsaturated/α-hetero) is 1. The zero-order valence-electron chi connectivity index (χ0n) is 13.7. The van der Waals surface area contributed by atoms with Crippen molar-refractivity contribution in [3.8, 4) is 5.75 Å². The summed E-state index contributed by atoms with van der Waals surface area (Å²) in [7, 11) is 1.78. The van der Waals surface area contributed by atoms with E-state index in [1.165, 1.54) is 16.7 Å². The zero-order valence-corrected chi connectivity index (χ0v) is 13.7. The van der Waals surface area contributed by atoms with Crippen molar-refractivity contribution in [2.45, 2.75) is 64.2 Å². The lowest BCUT2D eigenvalue weighted by Crippen LogP contribution is -2.42. The van der Waals surface area contributed by atoms with Crippen LogP contribution in [-0.4, -0.2) is 12.9 Å². The minimum Gasteiger partial charge on any atom is -0.496 e. The molecule has 1 aromatic carbocycles. The van der Waals surface area contributed by atoms with Crippen LogP contribution in [0, 0.1) is 5.92 Å². The van der Waals surface area contributed by atoms with E-state index in [0.717, 1.165) is 37.9 Å². The van der Waals surface area contributed by atoms with E-state index >= 15 is 0 Å². The Morgan fingerprint density at radius 3 is 2.71 bits per heavy atom. The van der Waals surface area contributed by atoms with Crippen molar-refractivity contribution < 1.29 is 9.53 Å². The van der Waals surface area contributed by atoms with Crippen molar-refractivity contribution >= 4 is 5.78 Å². The first-order chi connectivity index (χ1) is 9.95. The summed E-state index contributed by atoms with van der Waals surface area (Å²) in [5.74, 6) is 2.49. The number of aryl methyl sites for hydroxylation is 1. The zero-order chi connectivity index (χ0) is 15.2. The molecule has 114 valence electrons. The van der Waals surface area contributed by atoms with Crippen LogP contribution in [-0.2, 0) is 16.6 Å². The van der Waals surface area contributed by atoms with E-state index in [0.29, 0.717) is 17.6 Å². The molecule has 0 bridgehead atoms. The molecule has 0 aromatic heterocycles. The lowest BCUT2D eigenvalue weighted by molar-refractivity contribution is -0.123. The Bertz CT molecular complexity index is 556. The molecule has 1 saturated carbocycles. The largest absolute Gasteiger partial charge is 0.496 e. The van der Waals surface area contributed by atoms with E-state index in [4.69, 9.17) is 4.74 Å². The molecule has 2 atom stereocenters. The van der Waals surface area contributed by atoms with Crippen LogP contribution < -0.4 is 4.74 Å². The van der Waals surface area contributed by atoms with Crippen LogP contribution in [0.1, 0.15) is 69.1 Å². The number of rotatable bonds is 2. The van der Waals surface area contributed by atoms with Gasteiger partial charge in [0.15, 0.2) is 0 Å². The monoisotopic (exact) mass is 286 g/mol. The normalized spacial score (nSPS) is 28.2. The molecule has 0 aliphatic heterocycles. The third-order valence-corrected chi connectivity index (χ3v) is 5.72. The number of carbonyl (C=O) groups excluding carboxylic acids is 1. The van der Waals surface area contributed by atoms with Crippen molar-refractivity contribution in [1.29, 1.82) is 0 Å². The van der Waals surface area contributed by atoms with Gasteiger partial charge in [0.2, 0.25) is 0 Å². The van der Waals surface area contributed by atoms with Gasteiger partial charge >= 0.3 is 0 Å². The van der Waals surface area contributed by atoms with Crippen LogP contribution in [0.25, 0.3) is 0 Å². The molecule has 0 amide bonds. The number of ether oxygens (including phenoxy) is 1. The van der Waals surface area contributed by atoms with E-state index in [1.54, 1.807) is 7.11 Å². The first-order valence-corrected chi connectivity index (χ1v) is 8.18. The minimum atomic E-state index is 0.113. The van der Waals surface area contributed by atoms with E-state index in [2.05, 4.69) is 32.9 Å². The number of fused-ring (bicyclic) bond motifs is 3. The molecular formula is C19H26O2. The number of hydrogen-bond acceptors (Lipinski definition) is 2. The molecule has 3 rings (SSSR count). The molecule has 0 spiro atoms. The Morgan fingerprint density at radius 1 is 1.29 bits per heavy atom. The Balaban J connectivity index is 2.13. The van der Waals surface area contributed by atoms with E-state index in [1.807, 2.05) is 0 Å². The Kier molecular flexibility index (Phi) is 3.59. The van der Waals surface area contributed by atoms with Crippen LogP contribution in [0.3, 0.4) is 0 Å². The summed E-state index contributed by atoms with van der Waals surface area (Å²) in [5, 5.41) is 0. The molecule has 0 N–H and O–H groups in total. The molecule has 0 radical (unpaired) electrons. The average Bonchev–Trinajstić information content (AvgIpc) is 2.46. The van der Waals surface area contributed by atoms with Gasteiger partial charge in [0.05, 0.1) is 7.11 Å². The Labute approximate surface area is 127 Å². The Hall–Kier alpha value is -1.31. The topological polar surface area (TPSA) is 26.3 Å². The van der Waals surface area contributed by atoms with Crippen LogP contribution >= 0.6 is 0 Å². The lowest BCUT2D eigenvalue weighted by Gasteiger charge is -2.46. The first-order valence-electron chi connectivity index (χ1n) is 8.18. The lowest BCUT2D eigenvalue weighted by atomic mass is 9.57. The van der Waals surface area contributed by atoms with Gasteiger partial charge < -0.3 is 4.74 Å². The standard InChI is InChI=1S/C19H26O2/c1-12(2)14-9-13-5-6-15-11-16(20)7-8-19(15,3)18(13)17(10-14)21-4/h9-10,12,15H,5-8,11H2,1-4H3/t15-,19+/m1/s1. The van der Waals surface area contributed by atoms with Crippen LogP contribution in [0.2, 0.25) is 0 Å². The highest BCUT2D eigenvalue weighted by atomic mass is 16.5. The van der Waals surface area contributed by atoms with Crippen molar-refractivity contribution in [3.63, 3.8) is 0 Å². The van der Waals surface area contributed by atoms with Crippen molar-refractivity contribution in [1.82, 2.24) is 0 Å². The van der Waals surface area contributed by atoms with Crippen molar-refractivity contribution in [2.24, 2.45) is 5.92 Å². The van der Waals surface area contributed by atoms with Crippen LogP contribution in [0.15, 0.2) is 12.1 Å². The maximum atomic E-state index is 11.8. The first kappa shape index (κ1) is 14.6. The molecule has 21 heavy (non-hydrogen) atoms. The van der Waals surface area contributed by atoms with Gasteiger partial charge in [0, 0.05) is 23.8 Å². The number of methoxy groups -OCH3 is 1. The second kappa shape index (κ2) is 5.15. The second-order valence-electron chi connectivity index (χ2n) is 7.31. The van der Waals surface area contributed by atoms with Gasteiger partial charge in [0.1, 0.15) is 11.5 Å². The number of ketones is 1. The van der Waals surface area contributed by atoms with Gasteiger partial charge in [-0.25, -0.2) is 0 Å². The Morgan fingerprint density at radius 2 is 2.05 bits per heavy atom. The fraction of sp³-hybridized carbons (Fsp3) is 0.632. The number of hydrogen-bond donors (Lipinski definition) is 0. The minimum absolute atomic E-state index is 0.113. The maximum absolute atomic E-state index is 11.8. The number of benzene rings is 1. The predicted octanol–water partition coefficient (Wildman–Crippen LogP) is 4.39. The van der Waals surface area contributed by atoms with Gasteiger partial charge in [0.25, 0.3) is 0 Å². The predicted molar refractivity (Wildman–Crippen MR) is 85.1 cm³/mol. The summed E-state index contributed by atoms with van der Waals surface area (Å²) in [6.45, 7) is 6.81. The van der Waals surface area contributed by atoms with E-state index in [-0.39, 0.29) is 5.41 Å². The molecule has 2 nitrogen and oxygen atoms in total. The van der Waals surface area contributed by atoms with Gasteiger partial charge in [-0.1, -0.05) is 26.8 Å². The highest BCUT2D eigenvalue weighted by Gasteiger charge is 2.45. The average molecular weight is 286 g/mol. The molecule has 0 saturated heterocycles. The van der Waals surface area contributed by atoms with Crippen molar-refractivity contribution in [3.05, 3.63) is 28.8 Å². The molecule has 1 fully saturated rings. The van der Waals surface area contributed by atoms with Gasteiger partial charge in [-0.15, -0.1) is 0 Å². The third kappa shape index (κ3) is 2.29. The van der Waals surface area contributed by atoms with Crippen molar-refractivity contribution in [2.75, 3.05) is 7.11 Å². The molecule has 0 heterocycles. The van der Waals surface area contributed by atoms with E-state index < -0.39 is 0 Å². The SMILES string of the molecule is COc1cc(C(C)C)cc2c1[C@@]1(C)CCC(=O)C[C@H]1CC2. The highest BCUT2D eigenvalue weighted by molar-refractivity contribution is 5.80. The summed E-state index contributed by atoms with van der Waals surface area (Å²) < 4.78 is 5.76. The summed E-state index contributed by atoms with van der Waals surface area (Å²) >= 11 is 0. The van der Waals surface area contributed by atoms with Crippen LogP contribution in [0.4, 0.5) is 0 Å². The summed E-state index contributed by atoms with van der Waals surface area (Å²) in [6.07, 6.45) is 4.67. The second-order valence-corrected chi connectivity index (χ2v) is 7.31. The summed E-state index contributed by atoms with van der Waals surface area (Å²) in [5.41, 5.74) is 4.31. The molecule has 2 heteroatoms.